The molecule has 0 unspecified atom stereocenters. The van der Waals surface area contributed by atoms with Crippen molar-refractivity contribution in [3.05, 3.63) is 102 Å². The number of aromatic nitrogens is 3. The fourth-order valence-electron chi connectivity index (χ4n) is 3.93. The van der Waals surface area contributed by atoms with Crippen molar-refractivity contribution in [3.63, 3.8) is 0 Å². The van der Waals surface area contributed by atoms with E-state index in [-0.39, 0.29) is 5.91 Å². The molecule has 0 atom stereocenters. The van der Waals surface area contributed by atoms with Gasteiger partial charge in [-0.1, -0.05) is 60.7 Å². The number of aryl methyl sites for hydroxylation is 2. The minimum atomic E-state index is -0.168. The number of fused-ring (bicyclic) bond motifs is 1. The first-order chi connectivity index (χ1) is 15.6. The second-order valence-electron chi connectivity index (χ2n) is 7.77. The number of hydrogen-bond acceptors (Lipinski definition) is 3. The first-order valence-corrected chi connectivity index (χ1v) is 10.5. The number of benzene rings is 3. The highest BCUT2D eigenvalue weighted by Gasteiger charge is 2.16. The third-order valence-electron chi connectivity index (χ3n) is 5.50. The normalized spacial score (nSPS) is 10.9. The van der Waals surface area contributed by atoms with Gasteiger partial charge in [0.1, 0.15) is 0 Å². The van der Waals surface area contributed by atoms with Crippen LogP contribution in [-0.2, 0) is 7.05 Å². The summed E-state index contributed by atoms with van der Waals surface area (Å²) in [5.41, 5.74) is 6.87. The average molecular weight is 419 g/mol. The standard InChI is InChI=1S/C27H22N4O/c1-18-24(17-31(2)30-18)26-16-23(22-10-6-7-11-25(22)29-26)27(32)28-21-14-12-20(13-15-21)19-8-4-3-5-9-19/h3-17H,1-2H3,(H,28,32). The van der Waals surface area contributed by atoms with Crippen LogP contribution in [0.25, 0.3) is 33.3 Å². The number of nitrogens with zero attached hydrogens (tertiary/aromatic N) is 3. The Morgan fingerprint density at radius 3 is 2.28 bits per heavy atom. The molecule has 2 aromatic heterocycles. The van der Waals surface area contributed by atoms with Crippen LogP contribution in [0.5, 0.6) is 0 Å². The zero-order valence-electron chi connectivity index (χ0n) is 17.9. The Labute approximate surface area is 186 Å². The molecule has 5 rings (SSSR count). The van der Waals surface area contributed by atoms with Crippen molar-refractivity contribution in [2.45, 2.75) is 6.92 Å². The van der Waals surface area contributed by atoms with Crippen molar-refractivity contribution in [2.24, 2.45) is 7.05 Å². The maximum Gasteiger partial charge on any atom is 0.256 e. The number of nitrogens with one attached hydrogen (secondary N) is 1. The van der Waals surface area contributed by atoms with Crippen LogP contribution in [-0.4, -0.2) is 20.7 Å². The number of carbonyl (C=O) groups excluding carboxylic acids is 1. The number of amides is 1. The van der Waals surface area contributed by atoms with Crippen LogP contribution >= 0.6 is 0 Å². The van der Waals surface area contributed by atoms with E-state index in [0.29, 0.717) is 5.56 Å². The fraction of sp³-hybridized carbons (Fsp3) is 0.0741. The van der Waals surface area contributed by atoms with Crippen LogP contribution in [0.2, 0.25) is 0 Å². The smallest absolute Gasteiger partial charge is 0.256 e. The molecule has 0 aliphatic rings. The summed E-state index contributed by atoms with van der Waals surface area (Å²) in [7, 11) is 1.88. The third-order valence-corrected chi connectivity index (χ3v) is 5.50. The summed E-state index contributed by atoms with van der Waals surface area (Å²) >= 11 is 0. The van der Waals surface area contributed by atoms with Gasteiger partial charge in [-0.15, -0.1) is 0 Å². The Morgan fingerprint density at radius 2 is 1.56 bits per heavy atom. The summed E-state index contributed by atoms with van der Waals surface area (Å²) < 4.78 is 1.76. The van der Waals surface area contributed by atoms with Crippen molar-refractivity contribution in [1.82, 2.24) is 14.8 Å². The van der Waals surface area contributed by atoms with E-state index in [9.17, 15) is 4.79 Å². The number of anilines is 1. The second kappa shape index (κ2) is 8.12. The zero-order chi connectivity index (χ0) is 22.1. The molecule has 0 saturated heterocycles. The van der Waals surface area contributed by atoms with Gasteiger partial charge in [0, 0.05) is 29.9 Å². The molecule has 5 aromatic rings. The molecule has 5 heteroatoms. The summed E-state index contributed by atoms with van der Waals surface area (Å²) in [6.45, 7) is 1.94. The Balaban J connectivity index is 1.50. The quantitative estimate of drug-likeness (QED) is 0.397. The van der Waals surface area contributed by atoms with Gasteiger partial charge in [-0.2, -0.15) is 5.10 Å². The van der Waals surface area contributed by atoms with E-state index >= 15 is 0 Å². The van der Waals surface area contributed by atoms with E-state index in [1.165, 1.54) is 0 Å². The summed E-state index contributed by atoms with van der Waals surface area (Å²) in [6.07, 6.45) is 1.93. The van der Waals surface area contributed by atoms with Gasteiger partial charge >= 0.3 is 0 Å². The first-order valence-electron chi connectivity index (χ1n) is 10.5. The predicted octanol–water partition coefficient (Wildman–Crippen LogP) is 5.86. The van der Waals surface area contributed by atoms with E-state index in [0.717, 1.165) is 44.7 Å². The highest BCUT2D eigenvalue weighted by atomic mass is 16.1. The van der Waals surface area contributed by atoms with Crippen LogP contribution in [0.15, 0.2) is 91.1 Å². The van der Waals surface area contributed by atoms with Crippen LogP contribution < -0.4 is 5.32 Å². The van der Waals surface area contributed by atoms with E-state index in [1.807, 2.05) is 93.0 Å². The maximum atomic E-state index is 13.3. The molecule has 0 bridgehead atoms. The molecule has 2 heterocycles. The van der Waals surface area contributed by atoms with E-state index in [1.54, 1.807) is 4.68 Å². The van der Waals surface area contributed by atoms with Gasteiger partial charge in [-0.25, -0.2) is 4.98 Å². The van der Waals surface area contributed by atoms with Gasteiger partial charge in [0.15, 0.2) is 0 Å². The summed E-state index contributed by atoms with van der Waals surface area (Å²) in [6, 6.07) is 27.6. The molecule has 1 N–H and O–H groups in total. The molecule has 3 aromatic carbocycles. The van der Waals surface area contributed by atoms with Crippen LogP contribution in [0.1, 0.15) is 16.1 Å². The Hall–Kier alpha value is -4.25. The molecule has 156 valence electrons. The third kappa shape index (κ3) is 3.76. The van der Waals surface area contributed by atoms with Crippen molar-refractivity contribution in [3.8, 4) is 22.4 Å². The summed E-state index contributed by atoms with van der Waals surface area (Å²) in [5.74, 6) is -0.168. The van der Waals surface area contributed by atoms with Gasteiger partial charge in [-0.3, -0.25) is 9.48 Å². The van der Waals surface area contributed by atoms with Crippen LogP contribution in [0.4, 0.5) is 5.69 Å². The number of hydrogen-bond donors (Lipinski definition) is 1. The monoisotopic (exact) mass is 418 g/mol. The molecule has 0 fully saturated rings. The highest BCUT2D eigenvalue weighted by molar-refractivity contribution is 6.13. The first kappa shape index (κ1) is 19.7. The summed E-state index contributed by atoms with van der Waals surface area (Å²) in [4.78, 5) is 18.1. The molecule has 0 radical (unpaired) electrons. The van der Waals surface area contributed by atoms with Crippen LogP contribution in [0, 0.1) is 6.92 Å². The number of carbonyl (C=O) groups is 1. The Bertz CT molecular complexity index is 1420. The van der Waals surface area contributed by atoms with Crippen molar-refractivity contribution < 1.29 is 4.79 Å². The molecule has 32 heavy (non-hydrogen) atoms. The second-order valence-corrected chi connectivity index (χ2v) is 7.77. The molecule has 0 saturated carbocycles. The van der Waals surface area contributed by atoms with Crippen molar-refractivity contribution in [1.29, 1.82) is 0 Å². The van der Waals surface area contributed by atoms with Gasteiger partial charge in [0.25, 0.3) is 5.91 Å². The molecular weight excluding hydrogens is 396 g/mol. The van der Waals surface area contributed by atoms with Crippen LogP contribution in [0.3, 0.4) is 0 Å². The number of para-hydroxylation sites is 1. The Kier molecular flexibility index (Phi) is 5.00. The SMILES string of the molecule is Cc1nn(C)cc1-c1cc(C(=O)Nc2ccc(-c3ccccc3)cc2)c2ccccc2n1. The fourth-order valence-corrected chi connectivity index (χ4v) is 3.93. The number of rotatable bonds is 4. The molecule has 0 aliphatic carbocycles. The molecule has 0 spiro atoms. The predicted molar refractivity (Wildman–Crippen MR) is 129 cm³/mol. The van der Waals surface area contributed by atoms with E-state index in [4.69, 9.17) is 4.98 Å². The maximum absolute atomic E-state index is 13.3. The number of pyridine rings is 1. The minimum absolute atomic E-state index is 0.168. The lowest BCUT2D eigenvalue weighted by Gasteiger charge is -2.11. The van der Waals surface area contributed by atoms with E-state index < -0.39 is 0 Å². The zero-order valence-corrected chi connectivity index (χ0v) is 17.9. The molecule has 5 nitrogen and oxygen atoms in total. The van der Waals surface area contributed by atoms with Gasteiger partial charge in [0.2, 0.25) is 0 Å². The summed E-state index contributed by atoms with van der Waals surface area (Å²) in [5, 5.41) is 8.28. The molecular formula is C27H22N4O. The largest absolute Gasteiger partial charge is 0.322 e. The molecule has 0 aliphatic heterocycles. The molecule has 1 amide bonds. The van der Waals surface area contributed by atoms with Crippen molar-refractivity contribution >= 4 is 22.5 Å². The minimum Gasteiger partial charge on any atom is -0.322 e. The Morgan fingerprint density at radius 1 is 0.875 bits per heavy atom. The van der Waals surface area contributed by atoms with E-state index in [2.05, 4.69) is 22.5 Å². The lowest BCUT2D eigenvalue weighted by molar-refractivity contribution is 0.102. The van der Waals surface area contributed by atoms with Gasteiger partial charge < -0.3 is 5.32 Å². The van der Waals surface area contributed by atoms with Crippen molar-refractivity contribution in [2.75, 3.05) is 5.32 Å². The highest BCUT2D eigenvalue weighted by Crippen LogP contribution is 2.28. The average Bonchev–Trinajstić information content (AvgIpc) is 3.17. The topological polar surface area (TPSA) is 59.8 Å². The van der Waals surface area contributed by atoms with Gasteiger partial charge in [0.05, 0.1) is 22.5 Å². The van der Waals surface area contributed by atoms with Gasteiger partial charge in [-0.05, 0) is 42.3 Å². The lowest BCUT2D eigenvalue weighted by atomic mass is 10.0. The lowest BCUT2D eigenvalue weighted by Crippen LogP contribution is -2.13.